The van der Waals surface area contributed by atoms with Crippen molar-refractivity contribution < 1.29 is 9.84 Å². The zero-order valence-corrected chi connectivity index (χ0v) is 16.0. The van der Waals surface area contributed by atoms with Gasteiger partial charge in [0.15, 0.2) is 0 Å². The summed E-state index contributed by atoms with van der Waals surface area (Å²) < 4.78 is 6.22. The van der Waals surface area contributed by atoms with Crippen LogP contribution in [0.2, 0.25) is 0 Å². The van der Waals surface area contributed by atoms with Gasteiger partial charge >= 0.3 is 0 Å². The number of hydrogen-bond acceptors (Lipinski definition) is 2. The molecule has 2 heteroatoms. The van der Waals surface area contributed by atoms with Crippen LogP contribution in [0.3, 0.4) is 0 Å². The fourth-order valence-electron chi connectivity index (χ4n) is 4.67. The summed E-state index contributed by atoms with van der Waals surface area (Å²) in [5, 5.41) is 9.25. The Morgan fingerprint density at radius 2 is 1.64 bits per heavy atom. The van der Waals surface area contributed by atoms with Crippen molar-refractivity contribution in [2.45, 2.75) is 83.2 Å². The molecule has 0 bridgehead atoms. The third kappa shape index (κ3) is 5.56. The van der Waals surface area contributed by atoms with Crippen molar-refractivity contribution in [1.29, 1.82) is 0 Å². The van der Waals surface area contributed by atoms with Gasteiger partial charge < -0.3 is 9.84 Å². The first-order valence-corrected chi connectivity index (χ1v) is 10.6. The normalized spacial score (nSPS) is 30.3. The molecule has 2 aliphatic rings. The Morgan fingerprint density at radius 1 is 0.920 bits per heavy atom. The second kappa shape index (κ2) is 9.73. The Morgan fingerprint density at radius 3 is 2.24 bits per heavy atom. The molecule has 1 saturated carbocycles. The number of aliphatic hydroxyl groups is 1. The average molecular weight is 345 g/mol. The van der Waals surface area contributed by atoms with Crippen LogP contribution in [-0.4, -0.2) is 24.4 Å². The van der Waals surface area contributed by atoms with Gasteiger partial charge in [0.1, 0.15) is 0 Å². The standard InChI is InChI=1S/C23H36O2/c1-2-3-18-8-11-21(12-9-18)22-13-15-23(25-17-22)14-10-19-4-6-20(16-24)7-5-19/h8-9,11-12,19-20,22-24H,2-7,10,13-17H2,1H3. The lowest BCUT2D eigenvalue weighted by molar-refractivity contribution is -0.00551. The molecular formula is C23H36O2. The SMILES string of the molecule is CCCc1ccc(C2CCC(CCC3CCC(CO)CC3)OC2)cc1. The number of hydrogen-bond donors (Lipinski definition) is 1. The molecule has 1 N–H and O–H groups in total. The predicted octanol–water partition coefficient (Wildman–Crippen LogP) is 5.48. The molecule has 3 rings (SSSR count). The van der Waals surface area contributed by atoms with E-state index >= 15 is 0 Å². The maximum Gasteiger partial charge on any atom is 0.0575 e. The van der Waals surface area contributed by atoms with E-state index in [0.717, 1.165) is 12.5 Å². The van der Waals surface area contributed by atoms with Crippen LogP contribution in [0.25, 0.3) is 0 Å². The van der Waals surface area contributed by atoms with Crippen LogP contribution in [0.1, 0.15) is 81.8 Å². The number of aryl methyl sites for hydroxylation is 1. The highest BCUT2D eigenvalue weighted by atomic mass is 16.5. The van der Waals surface area contributed by atoms with Crippen LogP contribution >= 0.6 is 0 Å². The van der Waals surface area contributed by atoms with Gasteiger partial charge in [-0.1, -0.05) is 50.5 Å². The number of rotatable bonds is 7. The van der Waals surface area contributed by atoms with Crippen molar-refractivity contribution in [2.75, 3.05) is 13.2 Å². The molecule has 140 valence electrons. The van der Waals surface area contributed by atoms with Gasteiger partial charge in [-0.2, -0.15) is 0 Å². The fraction of sp³-hybridized carbons (Fsp3) is 0.739. The second-order valence-corrected chi connectivity index (χ2v) is 8.37. The van der Waals surface area contributed by atoms with Crippen LogP contribution in [0.5, 0.6) is 0 Å². The monoisotopic (exact) mass is 344 g/mol. The van der Waals surface area contributed by atoms with Gasteiger partial charge in [0.25, 0.3) is 0 Å². The molecule has 2 atom stereocenters. The Balaban J connectivity index is 1.37. The predicted molar refractivity (Wildman–Crippen MR) is 104 cm³/mol. The van der Waals surface area contributed by atoms with Gasteiger partial charge in [0, 0.05) is 12.5 Å². The van der Waals surface area contributed by atoms with Gasteiger partial charge in [-0.05, 0) is 67.9 Å². The maximum absolute atomic E-state index is 9.25. The lowest BCUT2D eigenvalue weighted by Crippen LogP contribution is -2.26. The average Bonchev–Trinajstić information content (AvgIpc) is 2.68. The highest BCUT2D eigenvalue weighted by molar-refractivity contribution is 5.26. The summed E-state index contributed by atoms with van der Waals surface area (Å²) in [6.45, 7) is 3.52. The molecule has 0 spiro atoms. The van der Waals surface area contributed by atoms with E-state index in [2.05, 4.69) is 31.2 Å². The third-order valence-electron chi connectivity index (χ3n) is 6.48. The van der Waals surface area contributed by atoms with Crippen LogP contribution in [0.4, 0.5) is 0 Å². The van der Waals surface area contributed by atoms with E-state index in [1.807, 2.05) is 0 Å². The molecule has 0 amide bonds. The summed E-state index contributed by atoms with van der Waals surface area (Å²) >= 11 is 0. The van der Waals surface area contributed by atoms with Crippen molar-refractivity contribution in [1.82, 2.24) is 0 Å². The molecular weight excluding hydrogens is 308 g/mol. The zero-order valence-electron chi connectivity index (χ0n) is 16.0. The first kappa shape index (κ1) is 18.9. The van der Waals surface area contributed by atoms with Crippen LogP contribution in [-0.2, 0) is 11.2 Å². The molecule has 1 aromatic rings. The summed E-state index contributed by atoms with van der Waals surface area (Å²) in [5.74, 6) is 2.04. The molecule has 0 aromatic heterocycles. The minimum Gasteiger partial charge on any atom is -0.396 e. The molecule has 1 aliphatic carbocycles. The van der Waals surface area contributed by atoms with Gasteiger partial charge in [-0.3, -0.25) is 0 Å². The molecule has 2 nitrogen and oxygen atoms in total. The molecule has 1 saturated heterocycles. The van der Waals surface area contributed by atoms with E-state index in [1.54, 1.807) is 0 Å². The van der Waals surface area contributed by atoms with E-state index in [-0.39, 0.29) is 0 Å². The lowest BCUT2D eigenvalue weighted by Gasteiger charge is -2.32. The summed E-state index contributed by atoms with van der Waals surface area (Å²) in [4.78, 5) is 0. The zero-order chi connectivity index (χ0) is 17.5. The van der Waals surface area contributed by atoms with Gasteiger partial charge in [0.05, 0.1) is 12.7 Å². The van der Waals surface area contributed by atoms with Crippen molar-refractivity contribution >= 4 is 0 Å². The highest BCUT2D eigenvalue weighted by Crippen LogP contribution is 2.34. The largest absolute Gasteiger partial charge is 0.396 e. The van der Waals surface area contributed by atoms with E-state index in [0.29, 0.717) is 24.5 Å². The van der Waals surface area contributed by atoms with Crippen LogP contribution in [0.15, 0.2) is 24.3 Å². The number of aliphatic hydroxyl groups excluding tert-OH is 1. The third-order valence-corrected chi connectivity index (χ3v) is 6.48. The maximum atomic E-state index is 9.25. The first-order chi connectivity index (χ1) is 12.3. The lowest BCUT2D eigenvalue weighted by atomic mass is 9.79. The topological polar surface area (TPSA) is 29.5 Å². The summed E-state index contributed by atoms with van der Waals surface area (Å²) in [6.07, 6.45) is 13.0. The fourth-order valence-corrected chi connectivity index (χ4v) is 4.67. The summed E-state index contributed by atoms with van der Waals surface area (Å²) in [6, 6.07) is 9.24. The molecule has 1 heterocycles. The Bertz CT molecular complexity index is 479. The van der Waals surface area contributed by atoms with Gasteiger partial charge in [0.2, 0.25) is 0 Å². The first-order valence-electron chi connectivity index (χ1n) is 10.6. The molecule has 1 aromatic carbocycles. The van der Waals surface area contributed by atoms with Gasteiger partial charge in [-0.15, -0.1) is 0 Å². The smallest absolute Gasteiger partial charge is 0.0575 e. The summed E-state index contributed by atoms with van der Waals surface area (Å²) in [5.41, 5.74) is 2.91. The quantitative estimate of drug-likeness (QED) is 0.709. The van der Waals surface area contributed by atoms with Crippen molar-refractivity contribution in [3.8, 4) is 0 Å². The van der Waals surface area contributed by atoms with E-state index < -0.39 is 0 Å². The molecule has 0 radical (unpaired) electrons. The van der Waals surface area contributed by atoms with Crippen molar-refractivity contribution in [3.63, 3.8) is 0 Å². The number of ether oxygens (including phenoxy) is 1. The summed E-state index contributed by atoms with van der Waals surface area (Å²) in [7, 11) is 0. The Labute approximate surface area is 154 Å². The van der Waals surface area contributed by atoms with E-state index in [4.69, 9.17) is 4.74 Å². The van der Waals surface area contributed by atoms with Gasteiger partial charge in [-0.25, -0.2) is 0 Å². The van der Waals surface area contributed by atoms with E-state index in [9.17, 15) is 5.11 Å². The minimum atomic E-state index is 0.388. The number of benzene rings is 1. The van der Waals surface area contributed by atoms with Crippen LogP contribution < -0.4 is 0 Å². The molecule has 25 heavy (non-hydrogen) atoms. The highest BCUT2D eigenvalue weighted by Gasteiger charge is 2.25. The van der Waals surface area contributed by atoms with Crippen molar-refractivity contribution in [2.24, 2.45) is 11.8 Å². The van der Waals surface area contributed by atoms with E-state index in [1.165, 1.54) is 75.3 Å². The minimum absolute atomic E-state index is 0.388. The van der Waals surface area contributed by atoms with Crippen LogP contribution in [0, 0.1) is 11.8 Å². The molecule has 2 fully saturated rings. The molecule has 1 aliphatic heterocycles. The van der Waals surface area contributed by atoms with Crippen molar-refractivity contribution in [3.05, 3.63) is 35.4 Å². The Kier molecular flexibility index (Phi) is 7.36. The Hall–Kier alpha value is -0.860. The second-order valence-electron chi connectivity index (χ2n) is 8.37. The molecule has 2 unspecified atom stereocenters.